The third-order valence-corrected chi connectivity index (χ3v) is 4.38. The molecule has 4 heterocycles. The molecule has 0 aromatic carbocycles. The van der Waals surface area contributed by atoms with Gasteiger partial charge in [-0.2, -0.15) is 0 Å². The summed E-state index contributed by atoms with van der Waals surface area (Å²) in [6.45, 7) is 0.890. The van der Waals surface area contributed by atoms with Crippen molar-refractivity contribution < 1.29 is 14.9 Å². The first-order chi connectivity index (χ1) is 12.6. The number of aliphatic hydroxyl groups is 2. The van der Waals surface area contributed by atoms with Crippen molar-refractivity contribution in [3.8, 4) is 0 Å². The summed E-state index contributed by atoms with van der Waals surface area (Å²) in [5, 5.41) is 23.9. The Balaban J connectivity index is 1.46. The minimum absolute atomic E-state index is 0.246. The van der Waals surface area contributed by atoms with E-state index in [-0.39, 0.29) is 5.82 Å². The lowest BCUT2D eigenvalue weighted by Crippen LogP contribution is -2.37. The van der Waals surface area contributed by atoms with Crippen LogP contribution in [-0.2, 0) is 11.3 Å². The molecule has 1 aliphatic heterocycles. The molecule has 3 aromatic rings. The summed E-state index contributed by atoms with van der Waals surface area (Å²) in [5.74, 6) is 0.246. The SMILES string of the molecule is Nc1ncnc2c1ncn2C1OC(CNCc2ccccn2)C(O)C1O. The van der Waals surface area contributed by atoms with Crippen molar-refractivity contribution in [2.45, 2.75) is 31.1 Å². The lowest BCUT2D eigenvalue weighted by Gasteiger charge is -2.16. The summed E-state index contributed by atoms with van der Waals surface area (Å²) in [7, 11) is 0. The maximum atomic E-state index is 10.4. The van der Waals surface area contributed by atoms with Crippen LogP contribution in [0.25, 0.3) is 11.2 Å². The number of rotatable bonds is 5. The van der Waals surface area contributed by atoms with Gasteiger partial charge < -0.3 is 26.0 Å². The van der Waals surface area contributed by atoms with Crippen LogP contribution in [0.5, 0.6) is 0 Å². The third kappa shape index (κ3) is 2.99. The van der Waals surface area contributed by atoms with Gasteiger partial charge in [-0.05, 0) is 12.1 Å². The van der Waals surface area contributed by atoms with Crippen molar-refractivity contribution in [3.05, 3.63) is 42.7 Å². The van der Waals surface area contributed by atoms with E-state index in [1.165, 1.54) is 12.7 Å². The van der Waals surface area contributed by atoms with E-state index >= 15 is 0 Å². The van der Waals surface area contributed by atoms with Crippen molar-refractivity contribution in [1.29, 1.82) is 0 Å². The summed E-state index contributed by atoms with van der Waals surface area (Å²) < 4.78 is 7.41. The van der Waals surface area contributed by atoms with Crippen LogP contribution in [-0.4, -0.2) is 59.6 Å². The second-order valence-corrected chi connectivity index (χ2v) is 6.08. The number of nitrogen functional groups attached to an aromatic ring is 1. The lowest BCUT2D eigenvalue weighted by atomic mass is 10.1. The number of nitrogens with two attached hydrogens (primary N) is 1. The number of aliphatic hydroxyl groups excluding tert-OH is 2. The molecule has 0 saturated carbocycles. The largest absolute Gasteiger partial charge is 0.387 e. The Kier molecular flexibility index (Phi) is 4.47. The van der Waals surface area contributed by atoms with Crippen LogP contribution in [0.4, 0.5) is 5.82 Å². The standard InChI is InChI=1S/C16H19N7O3/c17-14-11-15(21-7-20-14)23(8-22-11)16-13(25)12(24)10(26-16)6-18-5-9-3-1-2-4-19-9/h1-4,7-8,10,12-13,16,18,24-25H,5-6H2,(H2,17,20,21). The Morgan fingerprint density at radius 3 is 2.85 bits per heavy atom. The number of anilines is 1. The van der Waals surface area contributed by atoms with E-state index in [0.29, 0.717) is 24.3 Å². The third-order valence-electron chi connectivity index (χ3n) is 4.38. The smallest absolute Gasteiger partial charge is 0.167 e. The molecule has 0 amide bonds. The van der Waals surface area contributed by atoms with E-state index in [4.69, 9.17) is 10.5 Å². The molecule has 5 N–H and O–H groups in total. The topological polar surface area (TPSA) is 144 Å². The Labute approximate surface area is 148 Å². The first-order valence-electron chi connectivity index (χ1n) is 8.20. The highest BCUT2D eigenvalue weighted by Gasteiger charge is 2.44. The van der Waals surface area contributed by atoms with Crippen molar-refractivity contribution in [1.82, 2.24) is 29.8 Å². The second kappa shape index (κ2) is 6.92. The van der Waals surface area contributed by atoms with Gasteiger partial charge in [0.15, 0.2) is 17.7 Å². The average molecular weight is 357 g/mol. The van der Waals surface area contributed by atoms with E-state index < -0.39 is 24.5 Å². The molecule has 4 atom stereocenters. The minimum Gasteiger partial charge on any atom is -0.387 e. The lowest BCUT2D eigenvalue weighted by molar-refractivity contribution is -0.0342. The summed E-state index contributed by atoms with van der Waals surface area (Å²) in [6, 6.07) is 5.65. The van der Waals surface area contributed by atoms with Gasteiger partial charge in [0.1, 0.15) is 30.2 Å². The normalized spacial score (nSPS) is 25.8. The van der Waals surface area contributed by atoms with E-state index in [2.05, 4.69) is 25.3 Å². The van der Waals surface area contributed by atoms with E-state index in [0.717, 1.165) is 5.69 Å². The highest BCUT2D eigenvalue weighted by Crippen LogP contribution is 2.31. The molecule has 136 valence electrons. The first-order valence-corrected chi connectivity index (χ1v) is 8.20. The van der Waals surface area contributed by atoms with Gasteiger partial charge in [0.25, 0.3) is 0 Å². The monoisotopic (exact) mass is 357 g/mol. The van der Waals surface area contributed by atoms with Crippen LogP contribution in [0.3, 0.4) is 0 Å². The number of nitrogens with one attached hydrogen (secondary N) is 1. The molecular formula is C16H19N7O3. The fourth-order valence-electron chi connectivity index (χ4n) is 3.03. The second-order valence-electron chi connectivity index (χ2n) is 6.08. The number of hydrogen-bond donors (Lipinski definition) is 4. The zero-order chi connectivity index (χ0) is 18.1. The van der Waals surface area contributed by atoms with Crippen LogP contribution in [0.2, 0.25) is 0 Å². The number of ether oxygens (including phenoxy) is 1. The van der Waals surface area contributed by atoms with E-state index in [1.54, 1.807) is 10.8 Å². The Hall–Kier alpha value is -2.66. The number of imidazole rings is 1. The molecule has 10 heteroatoms. The van der Waals surface area contributed by atoms with Crippen molar-refractivity contribution in [2.75, 3.05) is 12.3 Å². The summed E-state index contributed by atoms with van der Waals surface area (Å²) >= 11 is 0. The maximum absolute atomic E-state index is 10.4. The average Bonchev–Trinajstić information content (AvgIpc) is 3.20. The van der Waals surface area contributed by atoms with Crippen LogP contribution in [0.15, 0.2) is 37.1 Å². The van der Waals surface area contributed by atoms with Gasteiger partial charge in [-0.25, -0.2) is 15.0 Å². The zero-order valence-corrected chi connectivity index (χ0v) is 13.8. The Bertz CT molecular complexity index is 888. The Morgan fingerprint density at radius 2 is 2.04 bits per heavy atom. The quantitative estimate of drug-likeness (QED) is 0.462. The van der Waals surface area contributed by atoms with E-state index in [9.17, 15) is 10.2 Å². The van der Waals surface area contributed by atoms with Gasteiger partial charge in [-0.1, -0.05) is 6.07 Å². The molecule has 4 rings (SSSR count). The van der Waals surface area contributed by atoms with Gasteiger partial charge in [0.2, 0.25) is 0 Å². The van der Waals surface area contributed by atoms with Crippen LogP contribution >= 0.6 is 0 Å². The van der Waals surface area contributed by atoms with Crippen LogP contribution < -0.4 is 11.1 Å². The van der Waals surface area contributed by atoms with E-state index in [1.807, 2.05) is 18.2 Å². The molecule has 4 unspecified atom stereocenters. The first kappa shape index (κ1) is 16.8. The van der Waals surface area contributed by atoms with Gasteiger partial charge in [-0.15, -0.1) is 0 Å². The summed E-state index contributed by atoms with van der Waals surface area (Å²) in [6.07, 6.45) is 0.939. The van der Waals surface area contributed by atoms with Crippen molar-refractivity contribution >= 4 is 17.0 Å². The fourth-order valence-corrected chi connectivity index (χ4v) is 3.03. The van der Waals surface area contributed by atoms with Crippen LogP contribution in [0, 0.1) is 0 Å². The van der Waals surface area contributed by atoms with Gasteiger partial charge >= 0.3 is 0 Å². The fraction of sp³-hybridized carbons (Fsp3) is 0.375. The zero-order valence-electron chi connectivity index (χ0n) is 13.8. The number of hydrogen-bond acceptors (Lipinski definition) is 9. The number of nitrogens with zero attached hydrogens (tertiary/aromatic N) is 5. The molecule has 26 heavy (non-hydrogen) atoms. The predicted octanol–water partition coefficient (Wildman–Crippen LogP) is -0.788. The number of aromatic nitrogens is 5. The molecule has 1 saturated heterocycles. The molecule has 0 spiro atoms. The molecule has 0 bridgehead atoms. The number of pyridine rings is 1. The summed E-state index contributed by atoms with van der Waals surface area (Å²) in [4.78, 5) is 16.4. The molecular weight excluding hydrogens is 338 g/mol. The predicted molar refractivity (Wildman–Crippen MR) is 91.6 cm³/mol. The van der Waals surface area contributed by atoms with Gasteiger partial charge in [0, 0.05) is 19.3 Å². The molecule has 0 radical (unpaired) electrons. The van der Waals surface area contributed by atoms with Crippen molar-refractivity contribution in [2.24, 2.45) is 0 Å². The minimum atomic E-state index is -1.12. The highest BCUT2D eigenvalue weighted by atomic mass is 16.6. The molecule has 1 fully saturated rings. The maximum Gasteiger partial charge on any atom is 0.167 e. The molecule has 10 nitrogen and oxygen atoms in total. The summed E-state index contributed by atoms with van der Waals surface area (Å²) in [5.41, 5.74) is 7.53. The van der Waals surface area contributed by atoms with Crippen molar-refractivity contribution in [3.63, 3.8) is 0 Å². The number of fused-ring (bicyclic) bond motifs is 1. The van der Waals surface area contributed by atoms with Gasteiger partial charge in [-0.3, -0.25) is 9.55 Å². The van der Waals surface area contributed by atoms with Crippen LogP contribution in [0.1, 0.15) is 11.9 Å². The molecule has 0 aliphatic carbocycles. The molecule has 3 aromatic heterocycles. The highest BCUT2D eigenvalue weighted by molar-refractivity contribution is 5.81. The Morgan fingerprint density at radius 1 is 1.15 bits per heavy atom. The van der Waals surface area contributed by atoms with Gasteiger partial charge in [0.05, 0.1) is 12.0 Å². The molecule has 1 aliphatic rings.